The van der Waals surface area contributed by atoms with E-state index in [0.717, 1.165) is 12.8 Å². The van der Waals surface area contributed by atoms with Gasteiger partial charge in [-0.25, -0.2) is 0 Å². The van der Waals surface area contributed by atoms with Gasteiger partial charge in [-0.15, -0.1) is 0 Å². The SMILES string of the molecule is CCCC(C)C(O)C(N)C(C)C. The van der Waals surface area contributed by atoms with Crippen molar-refractivity contribution in [3.63, 3.8) is 0 Å². The number of nitrogens with two attached hydrogens (primary N) is 1. The molecule has 0 aromatic carbocycles. The van der Waals surface area contributed by atoms with E-state index in [0.29, 0.717) is 11.8 Å². The minimum Gasteiger partial charge on any atom is -0.391 e. The first-order valence-corrected chi connectivity index (χ1v) is 4.94. The highest BCUT2D eigenvalue weighted by molar-refractivity contribution is 4.78. The lowest BCUT2D eigenvalue weighted by Crippen LogP contribution is -2.42. The molecule has 0 radical (unpaired) electrons. The number of aliphatic hydroxyl groups is 1. The normalized spacial score (nSPS) is 19.2. The minimum absolute atomic E-state index is 0.0773. The summed E-state index contributed by atoms with van der Waals surface area (Å²) in [5.41, 5.74) is 5.84. The van der Waals surface area contributed by atoms with Crippen molar-refractivity contribution in [3.8, 4) is 0 Å². The molecule has 0 bridgehead atoms. The second-order valence-corrected chi connectivity index (χ2v) is 4.08. The third-order valence-electron chi connectivity index (χ3n) is 2.49. The molecule has 0 aliphatic carbocycles. The molecule has 3 N–H and O–H groups in total. The van der Waals surface area contributed by atoms with Gasteiger partial charge in [0.25, 0.3) is 0 Å². The Labute approximate surface area is 76.2 Å². The quantitative estimate of drug-likeness (QED) is 0.665. The van der Waals surface area contributed by atoms with E-state index in [9.17, 15) is 5.11 Å². The highest BCUT2D eigenvalue weighted by atomic mass is 16.3. The first kappa shape index (κ1) is 11.9. The third kappa shape index (κ3) is 3.55. The fourth-order valence-corrected chi connectivity index (χ4v) is 1.40. The molecule has 0 aromatic heterocycles. The monoisotopic (exact) mass is 173 g/mol. The molecule has 3 atom stereocenters. The molecule has 2 nitrogen and oxygen atoms in total. The van der Waals surface area contributed by atoms with Crippen LogP contribution in [0.4, 0.5) is 0 Å². The van der Waals surface area contributed by atoms with Gasteiger partial charge in [0.05, 0.1) is 6.10 Å². The van der Waals surface area contributed by atoms with Crippen LogP contribution in [0.15, 0.2) is 0 Å². The summed E-state index contributed by atoms with van der Waals surface area (Å²) in [5, 5.41) is 9.76. The zero-order chi connectivity index (χ0) is 9.72. The molecule has 0 heterocycles. The molecule has 0 amide bonds. The molecule has 0 spiro atoms. The predicted octanol–water partition coefficient (Wildman–Crippen LogP) is 1.77. The zero-order valence-corrected chi connectivity index (χ0v) is 8.75. The summed E-state index contributed by atoms with van der Waals surface area (Å²) in [4.78, 5) is 0. The topological polar surface area (TPSA) is 46.2 Å². The summed E-state index contributed by atoms with van der Waals surface area (Å²) in [5.74, 6) is 0.687. The summed E-state index contributed by atoms with van der Waals surface area (Å²) < 4.78 is 0. The first-order chi connectivity index (χ1) is 5.50. The molecule has 0 saturated heterocycles. The predicted molar refractivity (Wildman–Crippen MR) is 52.9 cm³/mol. The van der Waals surface area contributed by atoms with Crippen molar-refractivity contribution in [1.82, 2.24) is 0 Å². The molecule has 74 valence electrons. The largest absolute Gasteiger partial charge is 0.391 e. The van der Waals surface area contributed by atoms with E-state index in [1.165, 1.54) is 0 Å². The molecule has 12 heavy (non-hydrogen) atoms. The van der Waals surface area contributed by atoms with Crippen molar-refractivity contribution in [2.45, 2.75) is 52.7 Å². The van der Waals surface area contributed by atoms with Crippen molar-refractivity contribution < 1.29 is 5.11 Å². The fourth-order valence-electron chi connectivity index (χ4n) is 1.40. The van der Waals surface area contributed by atoms with Gasteiger partial charge < -0.3 is 10.8 Å². The summed E-state index contributed by atoms with van der Waals surface area (Å²) >= 11 is 0. The Morgan fingerprint density at radius 1 is 1.25 bits per heavy atom. The van der Waals surface area contributed by atoms with E-state index < -0.39 is 0 Å². The van der Waals surface area contributed by atoms with Crippen molar-refractivity contribution in [2.75, 3.05) is 0 Å². The van der Waals surface area contributed by atoms with Crippen LogP contribution in [0.1, 0.15) is 40.5 Å². The van der Waals surface area contributed by atoms with Gasteiger partial charge >= 0.3 is 0 Å². The Morgan fingerprint density at radius 2 is 1.75 bits per heavy atom. The molecule has 0 rings (SSSR count). The van der Waals surface area contributed by atoms with Crippen LogP contribution in [-0.4, -0.2) is 17.3 Å². The first-order valence-electron chi connectivity index (χ1n) is 4.94. The molecule has 2 heteroatoms. The van der Waals surface area contributed by atoms with E-state index in [2.05, 4.69) is 13.8 Å². The van der Waals surface area contributed by atoms with Gasteiger partial charge in [-0.3, -0.25) is 0 Å². The van der Waals surface area contributed by atoms with E-state index in [1.54, 1.807) is 0 Å². The van der Waals surface area contributed by atoms with E-state index in [4.69, 9.17) is 5.73 Å². The number of aliphatic hydroxyl groups excluding tert-OH is 1. The maximum absolute atomic E-state index is 9.76. The van der Waals surface area contributed by atoms with Gasteiger partial charge in [-0.1, -0.05) is 34.1 Å². The Hall–Kier alpha value is -0.0800. The molecular weight excluding hydrogens is 150 g/mol. The highest BCUT2D eigenvalue weighted by Crippen LogP contribution is 2.16. The lowest BCUT2D eigenvalue weighted by molar-refractivity contribution is 0.0698. The Kier molecular flexibility index (Phi) is 5.51. The summed E-state index contributed by atoms with van der Waals surface area (Å²) in [6.07, 6.45) is 1.83. The number of hydrogen-bond donors (Lipinski definition) is 2. The molecule has 0 aliphatic heterocycles. The van der Waals surface area contributed by atoms with Crippen LogP contribution in [0, 0.1) is 11.8 Å². The lowest BCUT2D eigenvalue weighted by atomic mass is 9.89. The Bertz CT molecular complexity index is 114. The van der Waals surface area contributed by atoms with Crippen LogP contribution in [-0.2, 0) is 0 Å². The molecule has 0 aliphatic rings. The van der Waals surface area contributed by atoms with Gasteiger partial charge in [0.15, 0.2) is 0 Å². The smallest absolute Gasteiger partial charge is 0.0719 e. The van der Waals surface area contributed by atoms with Gasteiger partial charge in [0.1, 0.15) is 0 Å². The number of hydrogen-bond acceptors (Lipinski definition) is 2. The van der Waals surface area contributed by atoms with Crippen molar-refractivity contribution >= 4 is 0 Å². The van der Waals surface area contributed by atoms with E-state index in [1.807, 2.05) is 13.8 Å². The summed E-state index contributed by atoms with van der Waals surface area (Å²) in [7, 11) is 0. The van der Waals surface area contributed by atoms with Gasteiger partial charge in [-0.05, 0) is 18.3 Å². The molecular formula is C10H23NO. The minimum atomic E-state index is -0.343. The van der Waals surface area contributed by atoms with E-state index in [-0.39, 0.29) is 12.1 Å². The standard InChI is InChI=1S/C10H23NO/c1-5-6-8(4)10(12)9(11)7(2)3/h7-10,12H,5-6,11H2,1-4H3. The molecule has 0 aromatic rings. The summed E-state index contributed by atoms with van der Waals surface area (Å²) in [6, 6.07) is -0.0773. The Morgan fingerprint density at radius 3 is 2.08 bits per heavy atom. The van der Waals surface area contributed by atoms with Crippen LogP contribution < -0.4 is 5.73 Å². The average molecular weight is 173 g/mol. The van der Waals surface area contributed by atoms with Gasteiger partial charge in [0, 0.05) is 6.04 Å². The van der Waals surface area contributed by atoms with Gasteiger partial charge in [0.2, 0.25) is 0 Å². The second kappa shape index (κ2) is 5.55. The van der Waals surface area contributed by atoms with Gasteiger partial charge in [-0.2, -0.15) is 0 Å². The van der Waals surface area contributed by atoms with Crippen LogP contribution in [0.5, 0.6) is 0 Å². The summed E-state index contributed by atoms with van der Waals surface area (Å²) in [6.45, 7) is 8.29. The van der Waals surface area contributed by atoms with Crippen molar-refractivity contribution in [1.29, 1.82) is 0 Å². The van der Waals surface area contributed by atoms with Crippen LogP contribution in [0.3, 0.4) is 0 Å². The van der Waals surface area contributed by atoms with Crippen LogP contribution in [0.25, 0.3) is 0 Å². The Balaban J connectivity index is 3.90. The number of rotatable bonds is 5. The maximum atomic E-state index is 9.76. The van der Waals surface area contributed by atoms with Crippen molar-refractivity contribution in [3.05, 3.63) is 0 Å². The molecule has 0 fully saturated rings. The second-order valence-electron chi connectivity index (χ2n) is 4.08. The van der Waals surface area contributed by atoms with Crippen LogP contribution in [0.2, 0.25) is 0 Å². The lowest BCUT2D eigenvalue weighted by Gasteiger charge is -2.27. The third-order valence-corrected chi connectivity index (χ3v) is 2.49. The average Bonchev–Trinajstić information content (AvgIpc) is 2.02. The molecule has 3 unspecified atom stereocenters. The zero-order valence-electron chi connectivity index (χ0n) is 8.75. The maximum Gasteiger partial charge on any atom is 0.0719 e. The van der Waals surface area contributed by atoms with Crippen molar-refractivity contribution in [2.24, 2.45) is 17.6 Å². The fraction of sp³-hybridized carbons (Fsp3) is 1.00. The van der Waals surface area contributed by atoms with Crippen LogP contribution >= 0.6 is 0 Å². The molecule has 0 saturated carbocycles. The highest BCUT2D eigenvalue weighted by Gasteiger charge is 2.22. The van der Waals surface area contributed by atoms with E-state index >= 15 is 0 Å².